The molecule has 22 heavy (non-hydrogen) atoms. The number of hydrogen-bond acceptors (Lipinski definition) is 5. The number of carbonyl (C=O) groups is 2. The number of halogens is 1. The summed E-state index contributed by atoms with van der Waals surface area (Å²) in [6.45, 7) is 0. The minimum atomic E-state index is -4.60. The molecule has 0 amide bonds. The molecule has 3 rings (SSSR count). The Morgan fingerprint density at radius 1 is 1.00 bits per heavy atom. The predicted molar refractivity (Wildman–Crippen MR) is 81.7 cm³/mol. The second kappa shape index (κ2) is 4.73. The van der Waals surface area contributed by atoms with Crippen molar-refractivity contribution in [3.8, 4) is 0 Å². The van der Waals surface area contributed by atoms with E-state index in [0.717, 1.165) is 6.07 Å². The van der Waals surface area contributed by atoms with Crippen molar-refractivity contribution >= 4 is 43.3 Å². The third kappa shape index (κ3) is 1.99. The second-order valence-electron chi connectivity index (χ2n) is 4.71. The van der Waals surface area contributed by atoms with Gasteiger partial charge in [-0.15, -0.1) is 0 Å². The van der Waals surface area contributed by atoms with Crippen molar-refractivity contribution in [2.45, 2.75) is 4.90 Å². The first-order chi connectivity index (χ1) is 10.2. The molecule has 0 aromatic heterocycles. The number of anilines is 1. The first kappa shape index (κ1) is 14.9. The lowest BCUT2D eigenvalue weighted by Gasteiger charge is -2.21. The lowest BCUT2D eigenvalue weighted by molar-refractivity contribution is 0.0979. The van der Waals surface area contributed by atoms with Crippen molar-refractivity contribution in [2.24, 2.45) is 0 Å². The van der Waals surface area contributed by atoms with E-state index in [2.05, 4.69) is 15.9 Å². The molecular formula is C14H8BrNO5S. The highest BCUT2D eigenvalue weighted by atomic mass is 79.9. The molecule has 8 heteroatoms. The Bertz CT molecular complexity index is 965. The van der Waals surface area contributed by atoms with Crippen LogP contribution in [0.25, 0.3) is 0 Å². The van der Waals surface area contributed by atoms with Crippen molar-refractivity contribution in [3.05, 3.63) is 57.1 Å². The smallest absolute Gasteiger partial charge is 0.295 e. The molecule has 1 aliphatic carbocycles. The minimum Gasteiger partial charge on any atom is -0.398 e. The van der Waals surface area contributed by atoms with Crippen LogP contribution in [0, 0.1) is 0 Å². The van der Waals surface area contributed by atoms with Gasteiger partial charge in [0.15, 0.2) is 11.6 Å². The summed E-state index contributed by atoms with van der Waals surface area (Å²) in [6, 6.07) is 7.15. The molecule has 2 aromatic rings. The van der Waals surface area contributed by atoms with E-state index >= 15 is 0 Å². The first-order valence-corrected chi connectivity index (χ1v) is 8.24. The summed E-state index contributed by atoms with van der Waals surface area (Å²) < 4.78 is 31.9. The summed E-state index contributed by atoms with van der Waals surface area (Å²) in [5.41, 5.74) is 5.71. The van der Waals surface area contributed by atoms with Crippen molar-refractivity contribution in [1.29, 1.82) is 0 Å². The quantitative estimate of drug-likeness (QED) is 0.492. The van der Waals surface area contributed by atoms with Crippen LogP contribution in [0.15, 0.2) is 39.7 Å². The van der Waals surface area contributed by atoms with E-state index in [4.69, 9.17) is 5.73 Å². The molecule has 0 bridgehead atoms. The fourth-order valence-corrected chi connectivity index (χ4v) is 4.16. The molecule has 0 saturated carbocycles. The number of hydrogen-bond donors (Lipinski definition) is 2. The number of fused-ring (bicyclic) bond motifs is 2. The summed E-state index contributed by atoms with van der Waals surface area (Å²) in [6.07, 6.45) is 0. The molecule has 0 spiro atoms. The van der Waals surface area contributed by atoms with Crippen LogP contribution < -0.4 is 5.73 Å². The normalized spacial score (nSPS) is 13.7. The maximum absolute atomic E-state index is 12.6. The Labute approximate surface area is 133 Å². The van der Waals surface area contributed by atoms with Gasteiger partial charge in [0.1, 0.15) is 4.90 Å². The van der Waals surface area contributed by atoms with Crippen LogP contribution in [0.2, 0.25) is 0 Å². The van der Waals surface area contributed by atoms with E-state index in [1.54, 1.807) is 12.1 Å². The summed E-state index contributed by atoms with van der Waals surface area (Å²) in [7, 11) is -4.60. The van der Waals surface area contributed by atoms with E-state index in [0.29, 0.717) is 0 Å². The summed E-state index contributed by atoms with van der Waals surface area (Å²) >= 11 is 2.99. The Morgan fingerprint density at radius 2 is 1.50 bits per heavy atom. The lowest BCUT2D eigenvalue weighted by Crippen LogP contribution is -2.24. The van der Waals surface area contributed by atoms with Crippen molar-refractivity contribution in [1.82, 2.24) is 0 Å². The predicted octanol–water partition coefficient (Wildman–Crippen LogP) is 2.05. The Balaban J connectivity index is 2.44. The number of benzene rings is 2. The number of nitrogens with two attached hydrogens (primary N) is 1. The van der Waals surface area contributed by atoms with Crippen LogP contribution in [0.1, 0.15) is 31.8 Å². The maximum Gasteiger partial charge on any atom is 0.295 e. The van der Waals surface area contributed by atoms with Crippen LogP contribution in [0.3, 0.4) is 0 Å². The van der Waals surface area contributed by atoms with Gasteiger partial charge in [0.05, 0.1) is 15.6 Å². The maximum atomic E-state index is 12.6. The minimum absolute atomic E-state index is 0.0667. The molecule has 3 N–H and O–H groups in total. The van der Waals surface area contributed by atoms with Crippen LogP contribution in [0.4, 0.5) is 5.69 Å². The van der Waals surface area contributed by atoms with Crippen LogP contribution in [0.5, 0.6) is 0 Å². The SMILES string of the molecule is Nc1cc(S(=O)(=O)O)c(Br)c2c1C(=O)c1ccccc1C2=O. The fourth-order valence-electron chi connectivity index (χ4n) is 2.45. The largest absolute Gasteiger partial charge is 0.398 e. The molecule has 0 aliphatic heterocycles. The first-order valence-electron chi connectivity index (χ1n) is 6.01. The van der Waals surface area contributed by atoms with Gasteiger partial charge in [-0.2, -0.15) is 8.42 Å². The Morgan fingerprint density at radius 3 is 2.00 bits per heavy atom. The van der Waals surface area contributed by atoms with Gasteiger partial charge in [0.2, 0.25) is 0 Å². The van der Waals surface area contributed by atoms with Crippen molar-refractivity contribution in [2.75, 3.05) is 5.73 Å². The van der Waals surface area contributed by atoms with Gasteiger partial charge in [-0.3, -0.25) is 14.1 Å². The van der Waals surface area contributed by atoms with E-state index in [-0.39, 0.29) is 32.4 Å². The van der Waals surface area contributed by atoms with E-state index in [1.807, 2.05) is 0 Å². The standard InChI is InChI=1S/C14H8BrNO5S/c15-12-9(22(19,20)21)5-8(16)10-11(12)14(18)7-4-2-1-3-6(7)13(10)17/h1-5H,16H2,(H,19,20,21). The highest BCUT2D eigenvalue weighted by Crippen LogP contribution is 2.38. The molecule has 112 valence electrons. The zero-order valence-electron chi connectivity index (χ0n) is 10.8. The average Bonchev–Trinajstić information content (AvgIpc) is 2.45. The molecule has 0 heterocycles. The van der Waals surface area contributed by atoms with Gasteiger partial charge in [0, 0.05) is 16.8 Å². The second-order valence-corrected chi connectivity index (χ2v) is 6.89. The van der Waals surface area contributed by atoms with Gasteiger partial charge in [0.25, 0.3) is 10.1 Å². The lowest BCUT2D eigenvalue weighted by atomic mass is 9.83. The molecule has 2 aromatic carbocycles. The molecule has 0 radical (unpaired) electrons. The van der Waals surface area contributed by atoms with Gasteiger partial charge in [-0.05, 0) is 22.0 Å². The van der Waals surface area contributed by atoms with Crippen molar-refractivity contribution in [3.63, 3.8) is 0 Å². The van der Waals surface area contributed by atoms with E-state index in [1.165, 1.54) is 12.1 Å². The van der Waals surface area contributed by atoms with Gasteiger partial charge in [-0.25, -0.2) is 0 Å². The van der Waals surface area contributed by atoms with Crippen LogP contribution >= 0.6 is 15.9 Å². The molecule has 0 atom stereocenters. The number of carbonyl (C=O) groups excluding carboxylic acids is 2. The van der Waals surface area contributed by atoms with Crippen LogP contribution in [-0.4, -0.2) is 24.5 Å². The third-order valence-corrected chi connectivity index (χ3v) is 5.37. The Kier molecular flexibility index (Phi) is 3.20. The topological polar surface area (TPSA) is 115 Å². The number of rotatable bonds is 1. The average molecular weight is 382 g/mol. The van der Waals surface area contributed by atoms with Gasteiger partial charge < -0.3 is 5.73 Å². The monoisotopic (exact) mass is 381 g/mol. The highest BCUT2D eigenvalue weighted by Gasteiger charge is 2.35. The highest BCUT2D eigenvalue weighted by molar-refractivity contribution is 9.10. The third-order valence-electron chi connectivity index (χ3n) is 3.41. The van der Waals surface area contributed by atoms with Gasteiger partial charge >= 0.3 is 0 Å². The van der Waals surface area contributed by atoms with E-state index < -0.39 is 26.6 Å². The van der Waals surface area contributed by atoms with Gasteiger partial charge in [-0.1, -0.05) is 24.3 Å². The number of nitrogen functional groups attached to an aromatic ring is 1. The molecule has 1 aliphatic rings. The summed E-state index contributed by atoms with van der Waals surface area (Å²) in [5.74, 6) is -1.00. The number of ketones is 2. The van der Waals surface area contributed by atoms with Crippen LogP contribution in [-0.2, 0) is 10.1 Å². The Hall–Kier alpha value is -2.03. The van der Waals surface area contributed by atoms with Crippen molar-refractivity contribution < 1.29 is 22.6 Å². The molecule has 0 fully saturated rings. The summed E-state index contributed by atoms with van der Waals surface area (Å²) in [5, 5.41) is 0. The summed E-state index contributed by atoms with van der Waals surface area (Å²) in [4.78, 5) is 24.6. The molecule has 0 unspecified atom stereocenters. The molecule has 0 saturated heterocycles. The van der Waals surface area contributed by atoms with E-state index in [9.17, 15) is 22.6 Å². The zero-order chi connectivity index (χ0) is 16.2. The molecular weight excluding hydrogens is 374 g/mol. The molecule has 6 nitrogen and oxygen atoms in total. The fraction of sp³-hybridized carbons (Fsp3) is 0. The zero-order valence-corrected chi connectivity index (χ0v) is 13.2.